The number of hydrogen-bond donors (Lipinski definition) is 2. The Balaban J connectivity index is 1.72. The van der Waals surface area contributed by atoms with Crippen molar-refractivity contribution >= 4 is 45.4 Å². The zero-order valence-electron chi connectivity index (χ0n) is 14.0. The maximum atomic E-state index is 12.7. The SMILES string of the molecule is Nc1nc(NCCc2ccc(Cl)cc2)sc1C(=O)c1ccccc1[N+](=O)[O-]. The van der Waals surface area contributed by atoms with Crippen LogP contribution >= 0.6 is 22.9 Å². The van der Waals surface area contributed by atoms with Gasteiger partial charge in [0.05, 0.1) is 4.92 Å². The molecule has 0 amide bonds. The van der Waals surface area contributed by atoms with Crippen LogP contribution in [0, 0.1) is 10.1 Å². The molecule has 27 heavy (non-hydrogen) atoms. The Morgan fingerprint density at radius 3 is 2.63 bits per heavy atom. The van der Waals surface area contributed by atoms with Crippen molar-refractivity contribution in [1.82, 2.24) is 4.98 Å². The number of nitrogens with two attached hydrogens (primary N) is 1. The van der Waals surface area contributed by atoms with Gasteiger partial charge in [0, 0.05) is 17.6 Å². The Morgan fingerprint density at radius 1 is 1.22 bits per heavy atom. The number of thiazole rings is 1. The Kier molecular flexibility index (Phi) is 5.68. The van der Waals surface area contributed by atoms with E-state index in [0.29, 0.717) is 16.7 Å². The highest BCUT2D eigenvalue weighted by Gasteiger charge is 2.24. The number of nitrogens with one attached hydrogen (secondary N) is 1. The van der Waals surface area contributed by atoms with E-state index in [1.165, 1.54) is 18.2 Å². The molecule has 1 heterocycles. The molecule has 138 valence electrons. The number of nitro benzene ring substituents is 1. The highest BCUT2D eigenvalue weighted by atomic mass is 35.5. The molecule has 2 aromatic carbocycles. The number of nitro groups is 1. The first-order chi connectivity index (χ1) is 13.0. The first-order valence-corrected chi connectivity index (χ1v) is 9.18. The molecule has 0 aliphatic rings. The normalized spacial score (nSPS) is 10.6. The number of halogens is 1. The van der Waals surface area contributed by atoms with Crippen molar-refractivity contribution in [2.45, 2.75) is 6.42 Å². The lowest BCUT2D eigenvalue weighted by atomic mass is 10.1. The molecule has 0 atom stereocenters. The molecule has 1 aromatic heterocycles. The summed E-state index contributed by atoms with van der Waals surface area (Å²) in [5.41, 5.74) is 6.70. The van der Waals surface area contributed by atoms with E-state index < -0.39 is 10.7 Å². The number of rotatable bonds is 7. The van der Waals surface area contributed by atoms with Gasteiger partial charge in [0.2, 0.25) is 5.78 Å². The molecule has 0 saturated carbocycles. The van der Waals surface area contributed by atoms with Gasteiger partial charge in [-0.25, -0.2) is 4.98 Å². The zero-order chi connectivity index (χ0) is 19.4. The molecule has 7 nitrogen and oxygen atoms in total. The Hall–Kier alpha value is -2.97. The van der Waals surface area contributed by atoms with Crippen molar-refractivity contribution in [3.63, 3.8) is 0 Å². The van der Waals surface area contributed by atoms with Crippen LogP contribution in [-0.4, -0.2) is 22.2 Å². The first-order valence-electron chi connectivity index (χ1n) is 7.98. The van der Waals surface area contributed by atoms with E-state index in [-0.39, 0.29) is 21.9 Å². The van der Waals surface area contributed by atoms with Gasteiger partial charge in [-0.1, -0.05) is 47.2 Å². The average molecular weight is 403 g/mol. The Labute approximate surface area is 164 Å². The van der Waals surface area contributed by atoms with Crippen LogP contribution in [-0.2, 0) is 6.42 Å². The smallest absolute Gasteiger partial charge is 0.280 e. The second kappa shape index (κ2) is 8.15. The van der Waals surface area contributed by atoms with Crippen molar-refractivity contribution in [1.29, 1.82) is 0 Å². The summed E-state index contributed by atoms with van der Waals surface area (Å²) in [6.07, 6.45) is 0.740. The molecule has 0 fully saturated rings. The van der Waals surface area contributed by atoms with Gasteiger partial charge in [0.25, 0.3) is 5.69 Å². The van der Waals surface area contributed by atoms with Crippen molar-refractivity contribution in [2.75, 3.05) is 17.6 Å². The van der Waals surface area contributed by atoms with Crippen LogP contribution in [0.15, 0.2) is 48.5 Å². The summed E-state index contributed by atoms with van der Waals surface area (Å²) >= 11 is 6.94. The minimum atomic E-state index is -0.588. The predicted molar refractivity (Wildman–Crippen MR) is 107 cm³/mol. The standard InChI is InChI=1S/C18H15ClN4O3S/c19-12-7-5-11(6-8-12)9-10-21-18-22-17(20)16(27-18)15(24)13-3-1-2-4-14(13)23(25)26/h1-8H,9-10,20H2,(H,21,22). The predicted octanol–water partition coefficient (Wildman–Crippen LogP) is 4.17. The molecule has 3 aromatic rings. The van der Waals surface area contributed by atoms with Crippen LogP contribution in [0.25, 0.3) is 0 Å². The van der Waals surface area contributed by atoms with Crippen molar-refractivity contribution in [2.24, 2.45) is 0 Å². The number of ketones is 1. The molecule has 0 aliphatic heterocycles. The summed E-state index contributed by atoms with van der Waals surface area (Å²) < 4.78 is 0. The lowest BCUT2D eigenvalue weighted by Gasteiger charge is -2.03. The number of aromatic nitrogens is 1. The number of nitrogens with zero attached hydrogens (tertiary/aromatic N) is 2. The van der Waals surface area contributed by atoms with Crippen LogP contribution in [0.4, 0.5) is 16.6 Å². The molecule has 3 rings (SSSR count). The van der Waals surface area contributed by atoms with E-state index in [0.717, 1.165) is 23.3 Å². The lowest BCUT2D eigenvalue weighted by molar-refractivity contribution is -0.385. The van der Waals surface area contributed by atoms with Crippen molar-refractivity contribution in [3.8, 4) is 0 Å². The van der Waals surface area contributed by atoms with Crippen LogP contribution in [0.5, 0.6) is 0 Å². The fraction of sp³-hybridized carbons (Fsp3) is 0.111. The summed E-state index contributed by atoms with van der Waals surface area (Å²) in [6.45, 7) is 0.591. The average Bonchev–Trinajstić information content (AvgIpc) is 3.03. The number of para-hydroxylation sites is 1. The number of carbonyl (C=O) groups is 1. The van der Waals surface area contributed by atoms with Crippen LogP contribution in [0.2, 0.25) is 5.02 Å². The largest absolute Gasteiger partial charge is 0.382 e. The van der Waals surface area contributed by atoms with Gasteiger partial charge in [0.1, 0.15) is 16.3 Å². The molecule has 0 bridgehead atoms. The Bertz CT molecular complexity index is 989. The van der Waals surface area contributed by atoms with Gasteiger partial charge in [-0.2, -0.15) is 0 Å². The fourth-order valence-corrected chi connectivity index (χ4v) is 3.47. The van der Waals surface area contributed by atoms with E-state index in [1.807, 2.05) is 24.3 Å². The molecule has 0 unspecified atom stereocenters. The van der Waals surface area contributed by atoms with Crippen LogP contribution in [0.3, 0.4) is 0 Å². The van der Waals surface area contributed by atoms with E-state index in [2.05, 4.69) is 10.3 Å². The molecule has 9 heteroatoms. The second-order valence-electron chi connectivity index (χ2n) is 5.64. The number of benzene rings is 2. The molecule has 0 aliphatic carbocycles. The number of carbonyl (C=O) groups excluding carboxylic acids is 1. The quantitative estimate of drug-likeness (QED) is 0.348. The van der Waals surface area contributed by atoms with Crippen LogP contribution in [0.1, 0.15) is 20.8 Å². The lowest BCUT2D eigenvalue weighted by Crippen LogP contribution is -2.06. The van der Waals surface area contributed by atoms with E-state index in [1.54, 1.807) is 6.07 Å². The second-order valence-corrected chi connectivity index (χ2v) is 7.08. The zero-order valence-corrected chi connectivity index (χ0v) is 15.6. The Morgan fingerprint density at radius 2 is 1.93 bits per heavy atom. The van der Waals surface area contributed by atoms with Gasteiger partial charge in [-0.3, -0.25) is 14.9 Å². The number of hydrogen-bond acceptors (Lipinski definition) is 7. The minimum absolute atomic E-state index is 0.00874. The summed E-state index contributed by atoms with van der Waals surface area (Å²) in [7, 11) is 0. The van der Waals surface area contributed by atoms with E-state index in [9.17, 15) is 14.9 Å². The maximum Gasteiger partial charge on any atom is 0.280 e. The molecular weight excluding hydrogens is 388 g/mol. The monoisotopic (exact) mass is 402 g/mol. The van der Waals surface area contributed by atoms with Gasteiger partial charge < -0.3 is 11.1 Å². The minimum Gasteiger partial charge on any atom is -0.382 e. The first kappa shape index (κ1) is 18.8. The third-order valence-electron chi connectivity index (χ3n) is 3.81. The maximum absolute atomic E-state index is 12.7. The molecule has 0 spiro atoms. The summed E-state index contributed by atoms with van der Waals surface area (Å²) in [4.78, 5) is 27.6. The van der Waals surface area contributed by atoms with Gasteiger partial charge in [-0.05, 0) is 30.2 Å². The van der Waals surface area contributed by atoms with Crippen LogP contribution < -0.4 is 11.1 Å². The summed E-state index contributed by atoms with van der Waals surface area (Å²) in [5, 5.41) is 15.4. The molecule has 0 saturated heterocycles. The van der Waals surface area contributed by atoms with Crippen molar-refractivity contribution < 1.29 is 9.72 Å². The molecule has 0 radical (unpaired) electrons. The highest BCUT2D eigenvalue weighted by molar-refractivity contribution is 7.18. The topological polar surface area (TPSA) is 111 Å². The number of anilines is 2. The molecule has 3 N–H and O–H groups in total. The van der Waals surface area contributed by atoms with E-state index >= 15 is 0 Å². The summed E-state index contributed by atoms with van der Waals surface area (Å²) in [5.74, 6) is -0.458. The third-order valence-corrected chi connectivity index (χ3v) is 5.09. The van der Waals surface area contributed by atoms with Crippen molar-refractivity contribution in [3.05, 3.63) is 79.7 Å². The third kappa shape index (κ3) is 4.42. The van der Waals surface area contributed by atoms with E-state index in [4.69, 9.17) is 17.3 Å². The molecular formula is C18H15ClN4O3S. The highest BCUT2D eigenvalue weighted by Crippen LogP contribution is 2.30. The fourth-order valence-electron chi connectivity index (χ4n) is 2.48. The number of nitrogen functional groups attached to an aromatic ring is 1. The van der Waals surface area contributed by atoms with Gasteiger partial charge in [-0.15, -0.1) is 0 Å². The van der Waals surface area contributed by atoms with Gasteiger partial charge in [0.15, 0.2) is 5.13 Å². The summed E-state index contributed by atoms with van der Waals surface area (Å²) in [6, 6.07) is 13.3. The van der Waals surface area contributed by atoms with Gasteiger partial charge >= 0.3 is 0 Å².